The number of methoxy groups -OCH3 is 2. The Hall–Kier alpha value is -2.32. The molecule has 0 aromatic rings. The minimum Gasteiger partial charge on any atom is -0.466 e. The molecule has 0 aromatic heterocycles. The van der Waals surface area contributed by atoms with Crippen LogP contribution in [0.4, 0.5) is 0 Å². The van der Waals surface area contributed by atoms with Gasteiger partial charge in [-0.1, -0.05) is 0 Å². The maximum Gasteiger partial charge on any atom is 0.309 e. The lowest BCUT2D eigenvalue weighted by molar-refractivity contribution is -0.154. The van der Waals surface area contributed by atoms with Gasteiger partial charge in [-0.25, -0.2) is 0 Å². The smallest absolute Gasteiger partial charge is 0.309 e. The second-order valence-corrected chi connectivity index (χ2v) is 14.2. The van der Waals surface area contributed by atoms with Gasteiger partial charge >= 0.3 is 23.9 Å². The fourth-order valence-corrected chi connectivity index (χ4v) is 6.05. The molecular weight excluding hydrogens is 728 g/mol. The summed E-state index contributed by atoms with van der Waals surface area (Å²) in [5.41, 5.74) is 0. The first-order valence-corrected chi connectivity index (χ1v) is 19.3. The summed E-state index contributed by atoms with van der Waals surface area (Å²) in [7, 11) is 3.00. The summed E-state index contributed by atoms with van der Waals surface area (Å²) in [5, 5.41) is 18.7. The number of aliphatic hydroxyl groups is 2. The highest BCUT2D eigenvalue weighted by atomic mass is 32.2. The van der Waals surface area contributed by atoms with Gasteiger partial charge in [0.15, 0.2) is 6.79 Å². The molecule has 0 heterocycles. The molecule has 302 valence electrons. The quantitative estimate of drug-likeness (QED) is 0.0407. The highest BCUT2D eigenvalue weighted by Gasteiger charge is 2.22. The Morgan fingerprint density at radius 1 is 0.519 bits per heavy atom. The van der Waals surface area contributed by atoms with Gasteiger partial charge in [0.25, 0.3) is 0 Å². The van der Waals surface area contributed by atoms with Gasteiger partial charge in [0, 0.05) is 45.5 Å². The lowest BCUT2D eigenvalue weighted by atomic mass is 10.2. The zero-order valence-electron chi connectivity index (χ0n) is 30.9. The number of aliphatic hydroxyl groups excluding tert-OH is 2. The normalized spacial score (nSPS) is 13.4. The van der Waals surface area contributed by atoms with E-state index >= 15 is 0 Å². The number of thioether (sulfide) groups is 2. The molecule has 18 heteroatoms. The summed E-state index contributed by atoms with van der Waals surface area (Å²) >= 11 is 2.33. The number of carbonyl (C=O) groups excluding carboxylic acids is 6. The average molecular weight is 787 g/mol. The van der Waals surface area contributed by atoms with Crippen molar-refractivity contribution < 1.29 is 76.9 Å². The molecule has 0 fully saturated rings. The van der Waals surface area contributed by atoms with Crippen LogP contribution < -0.4 is 0 Å². The summed E-state index contributed by atoms with van der Waals surface area (Å²) < 4.78 is 40.5. The van der Waals surface area contributed by atoms with Crippen molar-refractivity contribution in [2.45, 2.75) is 94.3 Å². The number of unbranched alkanes of at least 4 members (excludes halogenated alkanes) is 3. The maximum atomic E-state index is 12.1. The van der Waals surface area contributed by atoms with Crippen LogP contribution in [0.3, 0.4) is 0 Å². The van der Waals surface area contributed by atoms with E-state index < -0.39 is 46.6 Å². The van der Waals surface area contributed by atoms with E-state index in [-0.39, 0.29) is 88.6 Å². The molecule has 0 aliphatic carbocycles. The minimum absolute atomic E-state index is 0.00630. The van der Waals surface area contributed by atoms with E-state index in [0.717, 1.165) is 31.0 Å². The summed E-state index contributed by atoms with van der Waals surface area (Å²) in [6.45, 7) is 3.55. The molecule has 0 spiro atoms. The van der Waals surface area contributed by atoms with Crippen LogP contribution in [0.25, 0.3) is 0 Å². The highest BCUT2D eigenvalue weighted by Crippen LogP contribution is 2.19. The van der Waals surface area contributed by atoms with Gasteiger partial charge in [-0.2, -0.15) is 0 Å². The lowest BCUT2D eigenvalue weighted by Gasteiger charge is -2.14. The van der Waals surface area contributed by atoms with Crippen LogP contribution in [0.5, 0.6) is 0 Å². The van der Waals surface area contributed by atoms with Gasteiger partial charge < -0.3 is 48.1 Å². The van der Waals surface area contributed by atoms with Gasteiger partial charge in [0.05, 0.1) is 56.0 Å². The van der Waals surface area contributed by atoms with Gasteiger partial charge in [-0.15, -0.1) is 23.5 Å². The summed E-state index contributed by atoms with van der Waals surface area (Å²) in [6, 6.07) is 0. The standard InChI is InChI=1S/C34H58O16S2/c1-25(35)29(18-33(41)47-15-7-5-6-12-43-3)51-16-10-31(39)48-22-27(37)20-45-13-8-9-14-46-21-28(38)23-49-32(40)11-17-52-30(26(2)36)19-34(42)50-24-44-4/h27-30,37-38H,5-24H2,1-4H3. The lowest BCUT2D eigenvalue weighted by Crippen LogP contribution is -2.25. The van der Waals surface area contributed by atoms with Crippen LogP contribution in [0.15, 0.2) is 0 Å². The van der Waals surface area contributed by atoms with Crippen molar-refractivity contribution in [3.05, 3.63) is 0 Å². The van der Waals surface area contributed by atoms with Crippen molar-refractivity contribution >= 4 is 59.0 Å². The molecular formula is C34H58O16S2. The molecule has 0 amide bonds. The van der Waals surface area contributed by atoms with Gasteiger partial charge in [-0.05, 0) is 46.0 Å². The van der Waals surface area contributed by atoms with Crippen LogP contribution in [0.1, 0.15) is 71.6 Å². The third kappa shape index (κ3) is 30.2. The predicted molar refractivity (Wildman–Crippen MR) is 192 cm³/mol. The van der Waals surface area contributed by atoms with E-state index in [1.165, 1.54) is 32.7 Å². The molecule has 16 nitrogen and oxygen atoms in total. The van der Waals surface area contributed by atoms with Crippen LogP contribution in [0.2, 0.25) is 0 Å². The van der Waals surface area contributed by atoms with Crippen molar-refractivity contribution in [3.8, 4) is 0 Å². The van der Waals surface area contributed by atoms with E-state index in [9.17, 15) is 39.0 Å². The Morgan fingerprint density at radius 2 is 0.962 bits per heavy atom. The third-order valence-corrected chi connectivity index (χ3v) is 9.46. The zero-order chi connectivity index (χ0) is 39.0. The van der Waals surface area contributed by atoms with Gasteiger partial charge in [0.2, 0.25) is 0 Å². The SMILES string of the molecule is COCCCCCOC(=O)CC(SCCC(=O)OCC(O)COCCCCOCC(O)COC(=O)CCSC(CC(=O)OCOC)C(C)=O)C(C)=O. The van der Waals surface area contributed by atoms with E-state index in [4.69, 9.17) is 33.2 Å². The molecule has 0 aromatic carbocycles. The van der Waals surface area contributed by atoms with E-state index in [2.05, 4.69) is 4.74 Å². The molecule has 0 bridgehead atoms. The number of carbonyl (C=O) groups is 6. The average Bonchev–Trinajstić information content (AvgIpc) is 3.10. The minimum atomic E-state index is -1.02. The Bertz CT molecular complexity index is 1010. The van der Waals surface area contributed by atoms with Crippen LogP contribution in [-0.2, 0) is 66.7 Å². The number of hydrogen-bond acceptors (Lipinski definition) is 18. The van der Waals surface area contributed by atoms with Gasteiger partial charge in [0.1, 0.15) is 37.0 Å². The largest absolute Gasteiger partial charge is 0.466 e. The predicted octanol–water partition coefficient (Wildman–Crippen LogP) is 2.06. The topological polar surface area (TPSA) is 217 Å². The molecule has 0 aliphatic rings. The first kappa shape index (κ1) is 49.7. The summed E-state index contributed by atoms with van der Waals surface area (Å²) in [4.78, 5) is 71.4. The van der Waals surface area contributed by atoms with E-state index in [1.807, 2.05) is 0 Å². The van der Waals surface area contributed by atoms with Crippen molar-refractivity contribution in [1.29, 1.82) is 0 Å². The number of hydrogen-bond donors (Lipinski definition) is 2. The number of Topliss-reactive ketones (excluding diaryl/α,β-unsaturated/α-hetero) is 2. The van der Waals surface area contributed by atoms with Crippen molar-refractivity contribution in [2.75, 3.05) is 85.4 Å². The van der Waals surface area contributed by atoms with Crippen LogP contribution in [-0.4, -0.2) is 154 Å². The van der Waals surface area contributed by atoms with Crippen LogP contribution >= 0.6 is 23.5 Å². The molecule has 0 aliphatic heterocycles. The molecule has 0 saturated carbocycles. The molecule has 0 rings (SSSR count). The molecule has 0 saturated heterocycles. The highest BCUT2D eigenvalue weighted by molar-refractivity contribution is 8.00. The number of ketones is 2. The Balaban J connectivity index is 3.89. The first-order valence-electron chi connectivity index (χ1n) is 17.3. The van der Waals surface area contributed by atoms with Crippen molar-refractivity contribution in [1.82, 2.24) is 0 Å². The monoisotopic (exact) mass is 786 g/mol. The number of rotatable bonds is 35. The zero-order valence-corrected chi connectivity index (χ0v) is 32.5. The third-order valence-electron chi connectivity index (χ3n) is 6.78. The molecule has 4 unspecified atom stereocenters. The summed E-state index contributed by atoms with van der Waals surface area (Å²) in [5.74, 6) is -2.02. The first-order chi connectivity index (χ1) is 24.9. The summed E-state index contributed by atoms with van der Waals surface area (Å²) in [6.07, 6.45) is 1.45. The molecule has 2 N–H and O–H groups in total. The number of esters is 4. The molecule has 52 heavy (non-hydrogen) atoms. The van der Waals surface area contributed by atoms with Gasteiger partial charge in [-0.3, -0.25) is 28.8 Å². The molecule has 4 atom stereocenters. The van der Waals surface area contributed by atoms with Crippen LogP contribution in [0, 0.1) is 0 Å². The Kier molecular flexibility index (Phi) is 31.8. The Labute approximate surface area is 314 Å². The second-order valence-electron chi connectivity index (χ2n) is 11.6. The second kappa shape index (κ2) is 33.3. The Morgan fingerprint density at radius 3 is 1.40 bits per heavy atom. The fraction of sp³-hybridized carbons (Fsp3) is 0.824. The molecule has 0 radical (unpaired) electrons. The maximum absolute atomic E-state index is 12.1. The van der Waals surface area contributed by atoms with E-state index in [0.29, 0.717) is 32.7 Å². The number of ether oxygens (including phenoxy) is 8. The fourth-order valence-electron chi connectivity index (χ4n) is 3.93. The van der Waals surface area contributed by atoms with Crippen molar-refractivity contribution in [2.24, 2.45) is 0 Å². The van der Waals surface area contributed by atoms with E-state index in [1.54, 1.807) is 7.11 Å². The van der Waals surface area contributed by atoms with Crippen molar-refractivity contribution in [3.63, 3.8) is 0 Å².